The maximum absolute atomic E-state index is 5.24. The van der Waals surface area contributed by atoms with E-state index in [-0.39, 0.29) is 0 Å². The average molecular weight is 371 g/mol. The first-order valence-electron chi connectivity index (χ1n) is 9.51. The van der Waals surface area contributed by atoms with E-state index in [4.69, 9.17) is 4.74 Å². The van der Waals surface area contributed by atoms with Crippen LogP contribution in [-0.2, 0) is 6.54 Å². The van der Waals surface area contributed by atoms with E-state index in [9.17, 15) is 0 Å². The Morgan fingerprint density at radius 2 is 1.96 bits per heavy atom. The van der Waals surface area contributed by atoms with Crippen molar-refractivity contribution in [3.8, 4) is 5.75 Å². The second kappa shape index (κ2) is 9.30. The van der Waals surface area contributed by atoms with Crippen LogP contribution in [0.15, 0.2) is 47.7 Å². The zero-order chi connectivity index (χ0) is 19.1. The molecule has 0 spiro atoms. The van der Waals surface area contributed by atoms with Crippen LogP contribution in [0, 0.1) is 5.92 Å². The van der Waals surface area contributed by atoms with Gasteiger partial charge in [-0.1, -0.05) is 6.92 Å². The number of piperazine rings is 1. The molecule has 2 heterocycles. The highest BCUT2D eigenvalue weighted by atomic mass is 16.5. The van der Waals surface area contributed by atoms with Crippen LogP contribution in [0.25, 0.3) is 0 Å². The van der Waals surface area contributed by atoms with Gasteiger partial charge in [-0.15, -0.1) is 0 Å². The zero-order valence-electron chi connectivity index (χ0n) is 16.5. The lowest BCUT2D eigenvalue weighted by molar-refractivity contribution is 0.364. The van der Waals surface area contributed by atoms with E-state index < -0.39 is 0 Å². The van der Waals surface area contributed by atoms with Gasteiger partial charge in [0, 0.05) is 64.4 Å². The molecule has 1 saturated heterocycles. The molecule has 1 aromatic heterocycles. The lowest BCUT2D eigenvalue weighted by atomic mass is 10.2. The van der Waals surface area contributed by atoms with Gasteiger partial charge < -0.3 is 19.9 Å². The van der Waals surface area contributed by atoms with Gasteiger partial charge in [-0.2, -0.15) is 5.10 Å². The number of ether oxygens (including phenoxy) is 1. The summed E-state index contributed by atoms with van der Waals surface area (Å²) in [4.78, 5) is 9.22. The number of aliphatic imine (C=N–C) groups is 1. The molecule has 0 bridgehead atoms. The highest BCUT2D eigenvalue weighted by molar-refractivity contribution is 5.80. The van der Waals surface area contributed by atoms with Gasteiger partial charge in [0.1, 0.15) is 5.75 Å². The third kappa shape index (κ3) is 5.15. The van der Waals surface area contributed by atoms with Crippen molar-refractivity contribution in [2.75, 3.05) is 51.8 Å². The topological polar surface area (TPSA) is 57.9 Å². The first-order chi connectivity index (χ1) is 13.2. The minimum atomic E-state index is 0.474. The van der Waals surface area contributed by atoms with Crippen molar-refractivity contribution in [3.05, 3.63) is 42.7 Å². The second-order valence-corrected chi connectivity index (χ2v) is 6.93. The molecule has 0 radical (unpaired) electrons. The predicted octanol–water partition coefficient (Wildman–Crippen LogP) is 1.93. The van der Waals surface area contributed by atoms with E-state index >= 15 is 0 Å². The van der Waals surface area contributed by atoms with Crippen molar-refractivity contribution in [1.29, 1.82) is 0 Å². The third-order valence-electron chi connectivity index (χ3n) is 4.90. The Hall–Kier alpha value is -2.70. The molecule has 27 heavy (non-hydrogen) atoms. The average Bonchev–Trinajstić information content (AvgIpc) is 3.22. The molecule has 2 aromatic rings. The Morgan fingerprint density at radius 1 is 1.22 bits per heavy atom. The zero-order valence-corrected chi connectivity index (χ0v) is 16.5. The molecule has 1 aliphatic heterocycles. The summed E-state index contributed by atoms with van der Waals surface area (Å²) in [6, 6.07) is 10.2. The molecule has 0 saturated carbocycles. The van der Waals surface area contributed by atoms with Crippen LogP contribution in [0.3, 0.4) is 0 Å². The Balaban J connectivity index is 1.46. The number of guanidine groups is 1. The van der Waals surface area contributed by atoms with Crippen molar-refractivity contribution < 1.29 is 4.74 Å². The Bertz CT molecular complexity index is 705. The lowest BCUT2D eigenvalue weighted by Crippen LogP contribution is -2.53. The fourth-order valence-electron chi connectivity index (χ4n) is 3.36. The fourth-order valence-corrected chi connectivity index (χ4v) is 3.36. The Morgan fingerprint density at radius 3 is 2.56 bits per heavy atom. The van der Waals surface area contributed by atoms with Crippen molar-refractivity contribution in [2.45, 2.75) is 13.5 Å². The molecule has 1 fully saturated rings. The van der Waals surface area contributed by atoms with Gasteiger partial charge in [0.15, 0.2) is 5.96 Å². The molecule has 1 N–H and O–H groups in total. The van der Waals surface area contributed by atoms with E-state index in [1.807, 2.05) is 42.3 Å². The van der Waals surface area contributed by atoms with Crippen molar-refractivity contribution in [3.63, 3.8) is 0 Å². The number of hydrogen-bond donors (Lipinski definition) is 1. The Kier molecular flexibility index (Phi) is 6.57. The Labute approximate surface area is 161 Å². The number of nitrogens with one attached hydrogen (secondary N) is 1. The molecule has 146 valence electrons. The van der Waals surface area contributed by atoms with Gasteiger partial charge in [0.2, 0.25) is 0 Å². The van der Waals surface area contributed by atoms with E-state index in [0.717, 1.165) is 51.0 Å². The first-order valence-corrected chi connectivity index (χ1v) is 9.51. The summed E-state index contributed by atoms with van der Waals surface area (Å²) in [6.07, 6.45) is 3.82. The van der Waals surface area contributed by atoms with E-state index in [1.54, 1.807) is 7.11 Å². The number of benzene rings is 1. The van der Waals surface area contributed by atoms with Crippen LogP contribution < -0.4 is 15.0 Å². The standard InChI is InChI=1S/C20H30N6O/c1-17(16-26-10-4-9-23-26)15-22-20(21-2)25-13-11-24(12-14-25)18-5-7-19(27-3)8-6-18/h4-10,17H,11-16H2,1-3H3,(H,21,22). The quantitative estimate of drug-likeness (QED) is 0.622. The molecule has 7 nitrogen and oxygen atoms in total. The molecule has 0 aliphatic carbocycles. The minimum Gasteiger partial charge on any atom is -0.497 e. The largest absolute Gasteiger partial charge is 0.497 e. The number of hydrogen-bond acceptors (Lipinski definition) is 4. The lowest BCUT2D eigenvalue weighted by Gasteiger charge is -2.38. The van der Waals surface area contributed by atoms with Gasteiger partial charge >= 0.3 is 0 Å². The number of methoxy groups -OCH3 is 1. The molecule has 1 aliphatic rings. The molecule has 1 aromatic carbocycles. The fraction of sp³-hybridized carbons (Fsp3) is 0.500. The molecule has 7 heteroatoms. The van der Waals surface area contributed by atoms with Crippen molar-refractivity contribution in [2.24, 2.45) is 10.9 Å². The summed E-state index contributed by atoms with van der Waals surface area (Å²) < 4.78 is 7.22. The summed E-state index contributed by atoms with van der Waals surface area (Å²) >= 11 is 0. The summed E-state index contributed by atoms with van der Waals surface area (Å²) in [7, 11) is 3.55. The normalized spacial score (nSPS) is 16.3. The van der Waals surface area contributed by atoms with Crippen LogP contribution in [0.4, 0.5) is 5.69 Å². The minimum absolute atomic E-state index is 0.474. The molecule has 1 unspecified atom stereocenters. The SMILES string of the molecule is CN=C(NCC(C)Cn1cccn1)N1CCN(c2ccc(OC)cc2)CC1. The van der Waals surface area contributed by atoms with Crippen LogP contribution in [0.1, 0.15) is 6.92 Å². The van der Waals surface area contributed by atoms with E-state index in [2.05, 4.69) is 44.3 Å². The monoisotopic (exact) mass is 370 g/mol. The summed E-state index contributed by atoms with van der Waals surface area (Å²) in [6.45, 7) is 7.89. The number of anilines is 1. The van der Waals surface area contributed by atoms with Gasteiger partial charge in [-0.3, -0.25) is 9.67 Å². The molecular formula is C20H30N6O. The summed E-state index contributed by atoms with van der Waals surface area (Å²) in [5, 5.41) is 7.80. The van der Waals surface area contributed by atoms with Crippen molar-refractivity contribution in [1.82, 2.24) is 20.0 Å². The van der Waals surface area contributed by atoms with Crippen LogP contribution in [0.2, 0.25) is 0 Å². The predicted molar refractivity (Wildman–Crippen MR) is 110 cm³/mol. The summed E-state index contributed by atoms with van der Waals surface area (Å²) in [5.41, 5.74) is 1.24. The maximum atomic E-state index is 5.24. The van der Waals surface area contributed by atoms with Gasteiger partial charge in [0.05, 0.1) is 7.11 Å². The number of rotatable bonds is 6. The highest BCUT2D eigenvalue weighted by Gasteiger charge is 2.20. The number of nitrogens with zero attached hydrogens (tertiary/aromatic N) is 5. The maximum Gasteiger partial charge on any atom is 0.193 e. The summed E-state index contributed by atoms with van der Waals surface area (Å²) in [5.74, 6) is 2.35. The molecule has 0 amide bonds. The molecule has 3 rings (SSSR count). The van der Waals surface area contributed by atoms with Crippen LogP contribution in [0.5, 0.6) is 5.75 Å². The van der Waals surface area contributed by atoms with E-state index in [0.29, 0.717) is 5.92 Å². The van der Waals surface area contributed by atoms with E-state index in [1.165, 1.54) is 5.69 Å². The van der Waals surface area contributed by atoms with Gasteiger partial charge in [-0.05, 0) is 36.2 Å². The van der Waals surface area contributed by atoms with Gasteiger partial charge in [0.25, 0.3) is 0 Å². The molecule has 1 atom stereocenters. The third-order valence-corrected chi connectivity index (χ3v) is 4.90. The van der Waals surface area contributed by atoms with Crippen LogP contribution >= 0.6 is 0 Å². The van der Waals surface area contributed by atoms with Crippen molar-refractivity contribution >= 4 is 11.6 Å². The number of aromatic nitrogens is 2. The van der Waals surface area contributed by atoms with Gasteiger partial charge in [-0.25, -0.2) is 0 Å². The smallest absolute Gasteiger partial charge is 0.193 e. The first kappa shape index (κ1) is 19.1. The second-order valence-electron chi connectivity index (χ2n) is 6.93. The molecular weight excluding hydrogens is 340 g/mol. The highest BCUT2D eigenvalue weighted by Crippen LogP contribution is 2.20. The van der Waals surface area contributed by atoms with Crippen LogP contribution in [-0.4, -0.2) is 67.5 Å².